The Morgan fingerprint density at radius 1 is 0.560 bits per heavy atom. The summed E-state index contributed by atoms with van der Waals surface area (Å²) in [6.45, 7) is 0. The van der Waals surface area contributed by atoms with E-state index in [4.69, 9.17) is 9.11 Å². The summed E-state index contributed by atoms with van der Waals surface area (Å²) in [5, 5.41) is -13.8. The van der Waals surface area contributed by atoms with Gasteiger partial charge in [0.1, 0.15) is 0 Å². The van der Waals surface area contributed by atoms with Crippen molar-refractivity contribution in [3.8, 4) is 0 Å². The zero-order valence-electron chi connectivity index (χ0n) is 10.4. The third kappa shape index (κ3) is 4.61. The van der Waals surface area contributed by atoms with Gasteiger partial charge in [-0.2, -0.15) is 52.0 Å². The highest BCUT2D eigenvalue weighted by molar-refractivity contribution is 7.87. The zero-order valence-corrected chi connectivity index (χ0v) is 12.1. The Hall–Kier alpha value is -0.960. The smallest absolute Gasteiger partial charge is 0.281 e. The van der Waals surface area contributed by atoms with Crippen molar-refractivity contribution in [2.75, 3.05) is 0 Å². The maximum Gasteiger partial charge on any atom is 0.495 e. The van der Waals surface area contributed by atoms with E-state index in [1.54, 1.807) is 9.47 Å². The first-order valence-corrected chi connectivity index (χ1v) is 7.53. The van der Waals surface area contributed by atoms with Crippen LogP contribution in [0.1, 0.15) is 0 Å². The van der Waals surface area contributed by atoms with Crippen molar-refractivity contribution in [2.24, 2.45) is 0 Å². The van der Waals surface area contributed by atoms with Crippen LogP contribution in [0.25, 0.3) is 0 Å². The zero-order chi connectivity index (χ0) is 20.9. The first-order chi connectivity index (χ1) is 10.4. The van der Waals surface area contributed by atoms with Crippen LogP contribution in [0.4, 0.5) is 43.9 Å². The van der Waals surface area contributed by atoms with Crippen molar-refractivity contribution in [3.63, 3.8) is 0 Å². The fraction of sp³-hybridized carbons (Fsp3) is 1.00. The molecular formula is C5H2F10O8S2. The van der Waals surface area contributed by atoms with Crippen LogP contribution in [0.5, 0.6) is 0 Å². The maximum absolute atomic E-state index is 12.6. The van der Waals surface area contributed by atoms with E-state index in [1.807, 2.05) is 0 Å². The molecule has 0 unspecified atom stereocenters. The number of halogens is 10. The van der Waals surface area contributed by atoms with E-state index in [2.05, 4.69) is 0 Å². The van der Waals surface area contributed by atoms with Crippen molar-refractivity contribution in [1.82, 2.24) is 0 Å². The van der Waals surface area contributed by atoms with Crippen molar-refractivity contribution >= 4 is 20.2 Å². The average molecular weight is 444 g/mol. The molecule has 0 spiro atoms. The van der Waals surface area contributed by atoms with Crippen LogP contribution < -0.4 is 0 Å². The van der Waals surface area contributed by atoms with E-state index in [-0.39, 0.29) is 0 Å². The Kier molecular flexibility index (Phi) is 5.81. The highest BCUT2D eigenvalue weighted by Gasteiger charge is 2.75. The largest absolute Gasteiger partial charge is 0.495 e. The topological polar surface area (TPSA) is 127 Å². The van der Waals surface area contributed by atoms with Crippen molar-refractivity contribution in [2.45, 2.75) is 29.0 Å². The Morgan fingerprint density at radius 2 is 0.760 bits per heavy atom. The van der Waals surface area contributed by atoms with Gasteiger partial charge in [-0.05, 0) is 0 Å². The molecule has 0 aliphatic rings. The monoisotopic (exact) mass is 444 g/mol. The molecule has 0 rings (SSSR count). The summed E-state index contributed by atoms with van der Waals surface area (Å²) < 4.78 is 184. The molecule has 0 bridgehead atoms. The van der Waals surface area contributed by atoms with Gasteiger partial charge in [-0.15, -0.1) is 8.78 Å². The van der Waals surface area contributed by atoms with Crippen LogP contribution in [-0.4, -0.2) is 55.0 Å². The molecule has 0 saturated carbocycles. The molecule has 0 aliphatic heterocycles. The van der Waals surface area contributed by atoms with Crippen LogP contribution in [0.15, 0.2) is 0 Å². The number of hydrogen-bond donors (Lipinski definition) is 2. The molecule has 0 fully saturated rings. The second kappa shape index (κ2) is 6.04. The minimum atomic E-state index is -7.20. The van der Waals surface area contributed by atoms with Gasteiger partial charge in [-0.3, -0.25) is 9.11 Å². The summed E-state index contributed by atoms with van der Waals surface area (Å²) in [5.74, 6) is 0. The van der Waals surface area contributed by atoms with Gasteiger partial charge in [-0.25, -0.2) is 9.47 Å². The molecule has 0 aliphatic carbocycles. The Balaban J connectivity index is 5.77. The lowest BCUT2D eigenvalue weighted by molar-refractivity contribution is -0.538. The van der Waals surface area contributed by atoms with E-state index >= 15 is 0 Å². The summed E-state index contributed by atoms with van der Waals surface area (Å²) in [5.41, 5.74) is 0. The van der Waals surface area contributed by atoms with E-state index in [1.165, 1.54) is 0 Å². The van der Waals surface area contributed by atoms with Gasteiger partial charge in [-0.1, -0.05) is 0 Å². The minimum Gasteiger partial charge on any atom is -0.281 e. The molecule has 2 N–H and O–H groups in total. The number of hydrogen-bond acceptors (Lipinski definition) is 6. The summed E-state index contributed by atoms with van der Waals surface area (Å²) in [4.78, 5) is 0. The van der Waals surface area contributed by atoms with Crippen LogP contribution in [0.3, 0.4) is 0 Å². The standard InChI is InChI=1S/C5H2F10O8S2/c6-1(7,3(10,11)24(16,17)18)22-5(14,15)23-2(8,9)4(12,13)25(19,20)21/h(H,16,17,18)(H,19,20,21). The summed E-state index contributed by atoms with van der Waals surface area (Å²) >= 11 is 0. The van der Waals surface area contributed by atoms with Crippen LogP contribution in [-0.2, 0) is 29.7 Å². The fourth-order valence-corrected chi connectivity index (χ4v) is 1.42. The van der Waals surface area contributed by atoms with Crippen molar-refractivity contribution in [1.29, 1.82) is 0 Å². The van der Waals surface area contributed by atoms with Gasteiger partial charge in [0.25, 0.3) is 0 Å². The molecule has 0 heterocycles. The first kappa shape index (κ1) is 24.0. The minimum absolute atomic E-state index is 1.59. The van der Waals surface area contributed by atoms with Gasteiger partial charge in [0.15, 0.2) is 0 Å². The predicted octanol–water partition coefficient (Wildman–Crippen LogP) is 1.72. The molecule has 20 heteroatoms. The molecule has 0 aromatic rings. The molecule has 25 heavy (non-hydrogen) atoms. The molecule has 0 radical (unpaired) electrons. The average Bonchev–Trinajstić information content (AvgIpc) is 2.21. The Morgan fingerprint density at radius 3 is 0.920 bits per heavy atom. The second-order valence-electron chi connectivity index (χ2n) is 3.68. The van der Waals surface area contributed by atoms with Crippen molar-refractivity contribution < 1.29 is 79.3 Å². The van der Waals surface area contributed by atoms with E-state index in [9.17, 15) is 60.7 Å². The van der Waals surface area contributed by atoms with E-state index < -0.39 is 49.3 Å². The second-order valence-corrected chi connectivity index (χ2v) is 6.61. The number of alkyl halides is 10. The molecular weight excluding hydrogens is 442 g/mol. The van der Waals surface area contributed by atoms with E-state index in [0.29, 0.717) is 0 Å². The lowest BCUT2D eigenvalue weighted by atomic mass is 10.6. The summed E-state index contributed by atoms with van der Waals surface area (Å²) in [7, 11) is -14.4. The maximum atomic E-state index is 12.6. The summed E-state index contributed by atoms with van der Waals surface area (Å²) in [6, 6.07) is 0. The van der Waals surface area contributed by atoms with Gasteiger partial charge in [0.2, 0.25) is 0 Å². The van der Waals surface area contributed by atoms with E-state index in [0.717, 1.165) is 0 Å². The first-order valence-electron chi connectivity index (χ1n) is 4.65. The summed E-state index contributed by atoms with van der Waals surface area (Å²) in [6.07, 6.45) is -21.0. The molecule has 8 nitrogen and oxygen atoms in total. The Labute approximate surface area is 129 Å². The van der Waals surface area contributed by atoms with Gasteiger partial charge >= 0.3 is 49.3 Å². The SMILES string of the molecule is O=S(=O)(O)C(F)(F)C(F)(F)OC(F)(F)OC(F)(F)C(F)(F)S(=O)(=O)O. The van der Waals surface area contributed by atoms with Crippen LogP contribution >= 0.6 is 0 Å². The lowest BCUT2D eigenvalue weighted by Gasteiger charge is -2.30. The predicted molar refractivity (Wildman–Crippen MR) is 50.0 cm³/mol. The fourth-order valence-electron chi connectivity index (χ4n) is 0.738. The van der Waals surface area contributed by atoms with Gasteiger partial charge in [0.05, 0.1) is 0 Å². The quantitative estimate of drug-likeness (QED) is 0.329. The third-order valence-corrected chi connectivity index (χ3v) is 3.59. The lowest BCUT2D eigenvalue weighted by Crippen LogP contribution is -2.56. The van der Waals surface area contributed by atoms with Crippen molar-refractivity contribution in [3.05, 3.63) is 0 Å². The van der Waals surface area contributed by atoms with Gasteiger partial charge in [0, 0.05) is 0 Å². The van der Waals surface area contributed by atoms with Crippen LogP contribution in [0, 0.1) is 0 Å². The number of ether oxygens (including phenoxy) is 2. The Bertz CT molecular complexity index is 652. The van der Waals surface area contributed by atoms with Crippen LogP contribution in [0.2, 0.25) is 0 Å². The molecule has 0 aromatic heterocycles. The highest BCUT2D eigenvalue weighted by atomic mass is 32.2. The third-order valence-electron chi connectivity index (χ3n) is 1.82. The molecule has 0 saturated heterocycles. The molecule has 0 amide bonds. The van der Waals surface area contributed by atoms with Gasteiger partial charge < -0.3 is 0 Å². The number of rotatable bonds is 8. The molecule has 0 aromatic carbocycles. The normalized spacial score (nSPS) is 16.2. The molecule has 152 valence electrons. The highest BCUT2D eigenvalue weighted by Crippen LogP contribution is 2.47. The molecule has 0 atom stereocenters.